The van der Waals surface area contributed by atoms with Crippen LogP contribution in [0.5, 0.6) is 0 Å². The topological polar surface area (TPSA) is 38.3 Å². The molecule has 10 heavy (non-hydrogen) atoms. The molecule has 0 aromatic heterocycles. The van der Waals surface area contributed by atoms with Crippen molar-refractivity contribution in [2.45, 2.75) is 13.0 Å². The summed E-state index contributed by atoms with van der Waals surface area (Å²) in [5, 5.41) is 2.48. The molecule has 0 aliphatic rings. The average molecular weight is 143 g/mol. The molecule has 0 aliphatic carbocycles. The van der Waals surface area contributed by atoms with E-state index in [1.54, 1.807) is 20.0 Å². The highest BCUT2D eigenvalue weighted by Crippen LogP contribution is 1.89. The maximum Gasteiger partial charge on any atom is 0.248 e. The van der Waals surface area contributed by atoms with Crippen LogP contribution in [0.25, 0.3) is 0 Å². The largest absolute Gasteiger partial charge is 0.365 e. The van der Waals surface area contributed by atoms with E-state index in [2.05, 4.69) is 11.9 Å². The molecule has 0 rings (SSSR count). The van der Waals surface area contributed by atoms with E-state index in [0.29, 0.717) is 6.61 Å². The van der Waals surface area contributed by atoms with E-state index in [1.165, 1.54) is 0 Å². The van der Waals surface area contributed by atoms with Crippen molar-refractivity contribution < 1.29 is 9.53 Å². The van der Waals surface area contributed by atoms with Crippen LogP contribution in [0.1, 0.15) is 6.92 Å². The molecular weight excluding hydrogens is 130 g/mol. The lowest BCUT2D eigenvalue weighted by Crippen LogP contribution is -2.31. The van der Waals surface area contributed by atoms with E-state index in [9.17, 15) is 4.79 Å². The van der Waals surface area contributed by atoms with Crippen molar-refractivity contribution >= 4 is 5.91 Å². The van der Waals surface area contributed by atoms with Gasteiger partial charge in [0, 0.05) is 7.05 Å². The van der Waals surface area contributed by atoms with Crippen LogP contribution in [0.15, 0.2) is 12.7 Å². The number of nitrogens with one attached hydrogen (secondary N) is 1. The van der Waals surface area contributed by atoms with Crippen LogP contribution in [-0.4, -0.2) is 25.7 Å². The molecule has 1 amide bonds. The second kappa shape index (κ2) is 4.99. The quantitative estimate of drug-likeness (QED) is 0.576. The van der Waals surface area contributed by atoms with Crippen molar-refractivity contribution in [1.82, 2.24) is 5.32 Å². The van der Waals surface area contributed by atoms with Crippen LogP contribution in [0.2, 0.25) is 0 Å². The molecule has 0 saturated heterocycles. The molecule has 0 saturated carbocycles. The van der Waals surface area contributed by atoms with Gasteiger partial charge in [0.05, 0.1) is 6.61 Å². The molecule has 0 spiro atoms. The van der Waals surface area contributed by atoms with Crippen LogP contribution in [0.3, 0.4) is 0 Å². The van der Waals surface area contributed by atoms with E-state index in [1.807, 2.05) is 0 Å². The van der Waals surface area contributed by atoms with Crippen molar-refractivity contribution in [2.24, 2.45) is 0 Å². The van der Waals surface area contributed by atoms with E-state index in [4.69, 9.17) is 4.74 Å². The first-order chi connectivity index (χ1) is 4.72. The number of amides is 1. The lowest BCUT2D eigenvalue weighted by atomic mass is 10.4. The third kappa shape index (κ3) is 3.25. The molecule has 1 N–H and O–H groups in total. The first-order valence-corrected chi connectivity index (χ1v) is 3.16. The van der Waals surface area contributed by atoms with Gasteiger partial charge in [-0.05, 0) is 6.92 Å². The number of rotatable bonds is 4. The second-order valence-corrected chi connectivity index (χ2v) is 1.88. The zero-order valence-electron chi connectivity index (χ0n) is 6.39. The standard InChI is InChI=1S/C7H13NO2/c1-4-5-10-6(2)7(9)8-3/h4,6H,1,5H2,2-3H3,(H,8,9). The van der Waals surface area contributed by atoms with Gasteiger partial charge in [0.2, 0.25) is 5.91 Å². The zero-order valence-corrected chi connectivity index (χ0v) is 6.39. The van der Waals surface area contributed by atoms with Crippen LogP contribution < -0.4 is 5.32 Å². The summed E-state index contributed by atoms with van der Waals surface area (Å²) in [5.41, 5.74) is 0. The molecule has 0 fully saturated rings. The fourth-order valence-corrected chi connectivity index (χ4v) is 0.491. The number of hydrogen-bond acceptors (Lipinski definition) is 2. The predicted octanol–water partition coefficient (Wildman–Crippen LogP) is 0.323. The maximum absolute atomic E-state index is 10.7. The second-order valence-electron chi connectivity index (χ2n) is 1.88. The predicted molar refractivity (Wildman–Crippen MR) is 39.7 cm³/mol. The van der Waals surface area contributed by atoms with Gasteiger partial charge in [-0.3, -0.25) is 4.79 Å². The molecule has 0 aliphatic heterocycles. The number of carbonyl (C=O) groups excluding carboxylic acids is 1. The van der Waals surface area contributed by atoms with E-state index in [-0.39, 0.29) is 12.0 Å². The van der Waals surface area contributed by atoms with Gasteiger partial charge in [0.25, 0.3) is 0 Å². The minimum absolute atomic E-state index is 0.109. The zero-order chi connectivity index (χ0) is 7.98. The fourth-order valence-electron chi connectivity index (χ4n) is 0.491. The molecule has 0 radical (unpaired) electrons. The lowest BCUT2D eigenvalue weighted by Gasteiger charge is -2.08. The van der Waals surface area contributed by atoms with Crippen molar-refractivity contribution in [3.05, 3.63) is 12.7 Å². The summed E-state index contributed by atoms with van der Waals surface area (Å²) in [7, 11) is 1.58. The Hall–Kier alpha value is -0.830. The first-order valence-electron chi connectivity index (χ1n) is 3.16. The summed E-state index contributed by atoms with van der Waals surface area (Å²) in [4.78, 5) is 10.7. The smallest absolute Gasteiger partial charge is 0.248 e. The van der Waals surface area contributed by atoms with Crippen LogP contribution >= 0.6 is 0 Å². The van der Waals surface area contributed by atoms with Crippen molar-refractivity contribution in [3.8, 4) is 0 Å². The summed E-state index contributed by atoms with van der Waals surface area (Å²) in [5.74, 6) is -0.109. The first kappa shape index (κ1) is 9.17. The van der Waals surface area contributed by atoms with Gasteiger partial charge in [0.1, 0.15) is 6.10 Å². The summed E-state index contributed by atoms with van der Waals surface area (Å²) in [6.07, 6.45) is 1.22. The van der Waals surface area contributed by atoms with Crippen molar-refractivity contribution in [1.29, 1.82) is 0 Å². The monoisotopic (exact) mass is 143 g/mol. The number of likely N-dealkylation sites (N-methyl/N-ethyl adjacent to an activating group) is 1. The normalized spacial score (nSPS) is 12.2. The molecule has 0 aromatic rings. The molecule has 1 unspecified atom stereocenters. The highest BCUT2D eigenvalue weighted by atomic mass is 16.5. The van der Waals surface area contributed by atoms with E-state index >= 15 is 0 Å². The molecule has 3 heteroatoms. The maximum atomic E-state index is 10.7. The Balaban J connectivity index is 3.50. The summed E-state index contributed by atoms with van der Waals surface area (Å²) < 4.78 is 5.01. The molecule has 0 aromatic carbocycles. The van der Waals surface area contributed by atoms with Gasteiger partial charge < -0.3 is 10.1 Å². The van der Waals surface area contributed by atoms with Gasteiger partial charge in [-0.25, -0.2) is 0 Å². The molecule has 3 nitrogen and oxygen atoms in total. The van der Waals surface area contributed by atoms with Crippen LogP contribution in [0.4, 0.5) is 0 Å². The van der Waals surface area contributed by atoms with Gasteiger partial charge in [-0.1, -0.05) is 6.08 Å². The molecule has 0 bridgehead atoms. The highest BCUT2D eigenvalue weighted by molar-refractivity contribution is 5.79. The summed E-state index contributed by atoms with van der Waals surface area (Å²) in [6.45, 7) is 5.57. The van der Waals surface area contributed by atoms with Crippen LogP contribution in [-0.2, 0) is 9.53 Å². The minimum atomic E-state index is -0.386. The van der Waals surface area contributed by atoms with Crippen molar-refractivity contribution in [2.75, 3.05) is 13.7 Å². The molecule has 58 valence electrons. The SMILES string of the molecule is C=CCOC(C)C(=O)NC. The van der Waals surface area contributed by atoms with Gasteiger partial charge in [0.15, 0.2) is 0 Å². The Morgan fingerprint density at radius 2 is 2.50 bits per heavy atom. The Morgan fingerprint density at radius 1 is 1.90 bits per heavy atom. The third-order valence-electron chi connectivity index (χ3n) is 1.08. The number of ether oxygens (including phenoxy) is 1. The summed E-state index contributed by atoms with van der Waals surface area (Å²) in [6, 6.07) is 0. The van der Waals surface area contributed by atoms with Crippen LogP contribution in [0, 0.1) is 0 Å². The number of hydrogen-bond donors (Lipinski definition) is 1. The van der Waals surface area contributed by atoms with Gasteiger partial charge in [-0.2, -0.15) is 0 Å². The van der Waals surface area contributed by atoms with E-state index < -0.39 is 0 Å². The van der Waals surface area contributed by atoms with Gasteiger partial charge >= 0.3 is 0 Å². The van der Waals surface area contributed by atoms with Crippen molar-refractivity contribution in [3.63, 3.8) is 0 Å². The minimum Gasteiger partial charge on any atom is -0.365 e. The highest BCUT2D eigenvalue weighted by Gasteiger charge is 2.08. The Bertz CT molecular complexity index is 123. The Kier molecular flexibility index (Phi) is 4.58. The molecule has 0 heterocycles. The lowest BCUT2D eigenvalue weighted by molar-refractivity contribution is -0.130. The van der Waals surface area contributed by atoms with Gasteiger partial charge in [-0.15, -0.1) is 6.58 Å². The third-order valence-corrected chi connectivity index (χ3v) is 1.08. The van der Waals surface area contributed by atoms with E-state index in [0.717, 1.165) is 0 Å². The molecule has 1 atom stereocenters. The Labute approximate surface area is 61.1 Å². The fraction of sp³-hybridized carbons (Fsp3) is 0.571. The Morgan fingerprint density at radius 3 is 2.90 bits per heavy atom. The summed E-state index contributed by atoms with van der Waals surface area (Å²) >= 11 is 0. The average Bonchev–Trinajstić information content (AvgIpc) is 1.98. The molecular formula is C7H13NO2. The number of carbonyl (C=O) groups is 1.